The van der Waals surface area contributed by atoms with Gasteiger partial charge < -0.3 is 16.4 Å². The van der Waals surface area contributed by atoms with E-state index in [-0.39, 0.29) is 5.91 Å². The molecule has 20 heavy (non-hydrogen) atoms. The molecule has 6 heteroatoms. The lowest BCUT2D eigenvalue weighted by molar-refractivity contribution is 0.0963. The van der Waals surface area contributed by atoms with Crippen molar-refractivity contribution in [1.82, 2.24) is 5.32 Å². The molecule has 0 aliphatic heterocycles. The van der Waals surface area contributed by atoms with Crippen molar-refractivity contribution in [3.8, 4) is 0 Å². The highest BCUT2D eigenvalue weighted by molar-refractivity contribution is 9.10. The van der Waals surface area contributed by atoms with Crippen molar-refractivity contribution in [2.45, 2.75) is 0 Å². The maximum atomic E-state index is 11.6. The normalized spacial score (nSPS) is 10.2. The number of hydrogen-bond donors (Lipinski definition) is 3. The predicted octanol–water partition coefficient (Wildman–Crippen LogP) is 3.79. The van der Waals surface area contributed by atoms with Crippen LogP contribution in [-0.4, -0.2) is 13.0 Å². The van der Waals surface area contributed by atoms with Gasteiger partial charge in [0.1, 0.15) is 0 Å². The summed E-state index contributed by atoms with van der Waals surface area (Å²) in [6.45, 7) is 0. The third kappa shape index (κ3) is 3.23. The summed E-state index contributed by atoms with van der Waals surface area (Å²) in [5, 5.41) is 6.26. The Balaban J connectivity index is 2.35. The molecule has 0 aliphatic carbocycles. The maximum absolute atomic E-state index is 11.6. The summed E-state index contributed by atoms with van der Waals surface area (Å²) >= 11 is 9.50. The van der Waals surface area contributed by atoms with E-state index in [4.69, 9.17) is 17.3 Å². The lowest BCUT2D eigenvalue weighted by Crippen LogP contribution is -2.18. The van der Waals surface area contributed by atoms with Gasteiger partial charge in [0.05, 0.1) is 22.1 Å². The Kier molecular flexibility index (Phi) is 4.52. The lowest BCUT2D eigenvalue weighted by Gasteiger charge is -2.12. The number of hydrogen-bond acceptors (Lipinski definition) is 3. The largest absolute Gasteiger partial charge is 0.397 e. The minimum absolute atomic E-state index is 0.171. The van der Waals surface area contributed by atoms with E-state index in [0.717, 1.165) is 10.2 Å². The first-order chi connectivity index (χ1) is 9.51. The van der Waals surface area contributed by atoms with E-state index in [1.165, 1.54) is 0 Å². The Bertz CT molecular complexity index is 661. The predicted molar refractivity (Wildman–Crippen MR) is 86.7 cm³/mol. The van der Waals surface area contributed by atoms with Crippen LogP contribution in [0, 0.1) is 0 Å². The lowest BCUT2D eigenvalue weighted by atomic mass is 10.1. The van der Waals surface area contributed by atoms with Gasteiger partial charge in [0.15, 0.2) is 0 Å². The molecule has 2 aromatic carbocycles. The highest BCUT2D eigenvalue weighted by Gasteiger charge is 2.08. The molecule has 4 N–H and O–H groups in total. The fourth-order valence-corrected chi connectivity index (χ4v) is 2.41. The van der Waals surface area contributed by atoms with E-state index < -0.39 is 0 Å². The summed E-state index contributed by atoms with van der Waals surface area (Å²) in [5.41, 5.74) is 8.33. The number of nitrogen functional groups attached to an aromatic ring is 1. The van der Waals surface area contributed by atoms with Gasteiger partial charge in [-0.3, -0.25) is 4.79 Å². The third-order valence-electron chi connectivity index (χ3n) is 2.74. The van der Waals surface area contributed by atoms with E-state index in [1.807, 2.05) is 12.1 Å². The average molecular weight is 355 g/mol. The summed E-state index contributed by atoms with van der Waals surface area (Å²) in [7, 11) is 1.58. The van der Waals surface area contributed by atoms with Gasteiger partial charge in [-0.2, -0.15) is 0 Å². The van der Waals surface area contributed by atoms with Crippen LogP contribution in [0.4, 0.5) is 17.1 Å². The fraction of sp³-hybridized carbons (Fsp3) is 0.0714. The Morgan fingerprint density at radius 2 is 1.95 bits per heavy atom. The zero-order valence-electron chi connectivity index (χ0n) is 10.7. The van der Waals surface area contributed by atoms with Crippen LogP contribution in [0.5, 0.6) is 0 Å². The Morgan fingerprint density at radius 1 is 1.20 bits per heavy atom. The van der Waals surface area contributed by atoms with Crippen LogP contribution >= 0.6 is 27.5 Å². The number of carbonyl (C=O) groups excluding carboxylic acids is 1. The molecule has 0 aromatic heterocycles. The van der Waals surface area contributed by atoms with Gasteiger partial charge in [0.2, 0.25) is 0 Å². The summed E-state index contributed by atoms with van der Waals surface area (Å²) in [4.78, 5) is 11.6. The standard InChI is InChI=1S/C14H13BrClN3O/c1-18-14(20)8-2-4-11(17)13(6-8)19-12-5-3-9(15)7-10(12)16/h2-7,19H,17H2,1H3,(H,18,20). The Morgan fingerprint density at radius 3 is 2.60 bits per heavy atom. The van der Waals surface area contributed by atoms with Crippen LogP contribution in [-0.2, 0) is 0 Å². The number of carbonyl (C=O) groups is 1. The number of benzene rings is 2. The van der Waals surface area contributed by atoms with Gasteiger partial charge in [-0.05, 0) is 36.4 Å². The highest BCUT2D eigenvalue weighted by Crippen LogP contribution is 2.31. The van der Waals surface area contributed by atoms with Crippen molar-refractivity contribution < 1.29 is 4.79 Å². The fourth-order valence-electron chi connectivity index (χ4n) is 1.69. The molecule has 0 heterocycles. The van der Waals surface area contributed by atoms with Gasteiger partial charge in [-0.15, -0.1) is 0 Å². The maximum Gasteiger partial charge on any atom is 0.251 e. The summed E-state index contributed by atoms with van der Waals surface area (Å²) < 4.78 is 0.889. The van der Waals surface area contributed by atoms with Crippen molar-refractivity contribution >= 4 is 50.5 Å². The van der Waals surface area contributed by atoms with Gasteiger partial charge in [-0.1, -0.05) is 27.5 Å². The third-order valence-corrected chi connectivity index (χ3v) is 3.55. The number of amides is 1. The van der Waals surface area contributed by atoms with E-state index in [0.29, 0.717) is 22.0 Å². The SMILES string of the molecule is CNC(=O)c1ccc(N)c(Nc2ccc(Br)cc2Cl)c1. The number of anilines is 3. The van der Waals surface area contributed by atoms with Crippen molar-refractivity contribution in [2.24, 2.45) is 0 Å². The van der Waals surface area contributed by atoms with Gasteiger partial charge in [0, 0.05) is 17.1 Å². The second-order valence-electron chi connectivity index (χ2n) is 4.13. The number of nitrogens with one attached hydrogen (secondary N) is 2. The molecule has 0 saturated carbocycles. The summed E-state index contributed by atoms with van der Waals surface area (Å²) in [6, 6.07) is 10.5. The van der Waals surface area contributed by atoms with Crippen molar-refractivity contribution in [2.75, 3.05) is 18.1 Å². The van der Waals surface area contributed by atoms with Gasteiger partial charge in [0.25, 0.3) is 5.91 Å². The molecule has 0 saturated heterocycles. The van der Waals surface area contributed by atoms with Crippen LogP contribution in [0.25, 0.3) is 0 Å². The van der Waals surface area contributed by atoms with Crippen LogP contribution in [0.1, 0.15) is 10.4 Å². The summed E-state index contributed by atoms with van der Waals surface area (Å²) in [5.74, 6) is -0.171. The Labute approximate surface area is 130 Å². The topological polar surface area (TPSA) is 67.2 Å². The molecule has 4 nitrogen and oxygen atoms in total. The second kappa shape index (κ2) is 6.15. The van der Waals surface area contributed by atoms with Gasteiger partial charge in [-0.25, -0.2) is 0 Å². The minimum Gasteiger partial charge on any atom is -0.397 e. The highest BCUT2D eigenvalue weighted by atomic mass is 79.9. The molecule has 0 atom stereocenters. The molecular formula is C14H13BrClN3O. The molecule has 2 aromatic rings. The number of halogens is 2. The molecule has 0 bridgehead atoms. The van der Waals surface area contributed by atoms with Crippen molar-refractivity contribution in [3.05, 3.63) is 51.5 Å². The van der Waals surface area contributed by atoms with Crippen molar-refractivity contribution in [3.63, 3.8) is 0 Å². The second-order valence-corrected chi connectivity index (χ2v) is 5.45. The molecule has 104 valence electrons. The molecular weight excluding hydrogens is 342 g/mol. The molecule has 1 amide bonds. The van der Waals surface area contributed by atoms with E-state index >= 15 is 0 Å². The average Bonchev–Trinajstić information content (AvgIpc) is 2.43. The Hall–Kier alpha value is -1.72. The van der Waals surface area contributed by atoms with Crippen LogP contribution in [0.2, 0.25) is 5.02 Å². The van der Waals surface area contributed by atoms with Crippen LogP contribution < -0.4 is 16.4 Å². The van der Waals surface area contributed by atoms with Crippen LogP contribution in [0.15, 0.2) is 40.9 Å². The quantitative estimate of drug-likeness (QED) is 0.735. The zero-order chi connectivity index (χ0) is 14.7. The zero-order valence-corrected chi connectivity index (χ0v) is 13.0. The molecule has 0 radical (unpaired) electrons. The number of rotatable bonds is 3. The monoisotopic (exact) mass is 353 g/mol. The first kappa shape index (κ1) is 14.7. The smallest absolute Gasteiger partial charge is 0.251 e. The molecule has 0 aliphatic rings. The van der Waals surface area contributed by atoms with E-state index in [9.17, 15) is 4.79 Å². The number of nitrogens with two attached hydrogens (primary N) is 1. The first-order valence-electron chi connectivity index (χ1n) is 5.85. The molecule has 2 rings (SSSR count). The van der Waals surface area contributed by atoms with E-state index in [1.54, 1.807) is 31.3 Å². The van der Waals surface area contributed by atoms with Crippen molar-refractivity contribution in [1.29, 1.82) is 0 Å². The van der Waals surface area contributed by atoms with E-state index in [2.05, 4.69) is 26.6 Å². The van der Waals surface area contributed by atoms with Gasteiger partial charge >= 0.3 is 0 Å². The molecule has 0 spiro atoms. The minimum atomic E-state index is -0.171. The molecule has 0 fully saturated rings. The first-order valence-corrected chi connectivity index (χ1v) is 7.02. The summed E-state index contributed by atoms with van der Waals surface area (Å²) in [6.07, 6.45) is 0. The van der Waals surface area contributed by atoms with Crippen LogP contribution in [0.3, 0.4) is 0 Å². The molecule has 0 unspecified atom stereocenters.